The molecule has 11 heteroatoms. The molecule has 0 aliphatic carbocycles. The average molecular weight is 561 g/mol. The summed E-state index contributed by atoms with van der Waals surface area (Å²) in [6.07, 6.45) is 0.704. The van der Waals surface area contributed by atoms with Gasteiger partial charge >= 0.3 is 11.9 Å². The number of carbonyl (C=O) groups is 1. The Morgan fingerprint density at radius 3 is 2.45 bits per heavy atom. The summed E-state index contributed by atoms with van der Waals surface area (Å²) in [4.78, 5) is 27.2. The van der Waals surface area contributed by atoms with Crippen LogP contribution >= 0.6 is 11.3 Å². The van der Waals surface area contributed by atoms with Crippen molar-refractivity contribution in [1.29, 1.82) is 5.26 Å². The van der Waals surface area contributed by atoms with Crippen molar-refractivity contribution < 1.29 is 9.53 Å². The molecule has 0 spiro atoms. The van der Waals surface area contributed by atoms with E-state index in [0.29, 0.717) is 31.1 Å². The first kappa shape index (κ1) is 30.5. The van der Waals surface area contributed by atoms with Crippen LogP contribution in [0.2, 0.25) is 0 Å². The summed E-state index contributed by atoms with van der Waals surface area (Å²) >= 11 is 1.39. The van der Waals surface area contributed by atoms with Gasteiger partial charge in [0.25, 0.3) is 5.82 Å². The first-order valence-electron chi connectivity index (χ1n) is 13.2. The number of esters is 1. The number of imidazole rings is 1. The Morgan fingerprint density at radius 2 is 1.88 bits per heavy atom. The normalized spacial score (nSPS) is 11.8. The Labute approximate surface area is 240 Å². The van der Waals surface area contributed by atoms with Crippen molar-refractivity contribution in [3.05, 3.63) is 58.7 Å². The maximum absolute atomic E-state index is 12.4. The van der Waals surface area contributed by atoms with Crippen LogP contribution in [0.3, 0.4) is 0 Å². The van der Waals surface area contributed by atoms with Crippen LogP contribution in [0.5, 0.6) is 0 Å². The minimum absolute atomic E-state index is 0.0128. The largest absolute Gasteiger partial charge is 0.463 e. The molecule has 1 aromatic carbocycles. The predicted octanol–water partition coefficient (Wildman–Crippen LogP) is 7.33. The molecule has 3 aromatic rings. The second-order valence-electron chi connectivity index (χ2n) is 10.9. The molecule has 40 heavy (non-hydrogen) atoms. The van der Waals surface area contributed by atoms with Gasteiger partial charge in [0.1, 0.15) is 19.2 Å². The first-order chi connectivity index (χ1) is 18.9. The number of nitrogens with zero attached hydrogens (tertiary/aromatic N) is 8. The summed E-state index contributed by atoms with van der Waals surface area (Å²) < 4.78 is 7.16. The lowest BCUT2D eigenvalue weighted by atomic mass is 9.91. The molecular formula is C29H36N8O2S. The van der Waals surface area contributed by atoms with Crippen LogP contribution < -0.4 is 4.90 Å². The van der Waals surface area contributed by atoms with E-state index in [4.69, 9.17) is 16.3 Å². The van der Waals surface area contributed by atoms with Crippen molar-refractivity contribution >= 4 is 39.2 Å². The highest BCUT2D eigenvalue weighted by Gasteiger charge is 2.28. The molecule has 10 nitrogen and oxygen atoms in total. The Kier molecular flexibility index (Phi) is 9.78. The number of ether oxygens (including phenoxy) is 1. The maximum atomic E-state index is 12.4. The molecule has 0 saturated carbocycles. The van der Waals surface area contributed by atoms with E-state index >= 15 is 0 Å². The molecule has 0 bridgehead atoms. The third kappa shape index (κ3) is 7.10. The summed E-state index contributed by atoms with van der Waals surface area (Å²) in [5.41, 5.74) is 0.891. The summed E-state index contributed by atoms with van der Waals surface area (Å²) in [5.74, 6) is 0.0925. The molecule has 2 aromatic heterocycles. The topological polar surface area (TPSA) is 113 Å². The standard InChI is InChI=1S/C29H36N8O2S/c1-9-29(6,7)25(38)39-17-16-36(10-2)27-33-22(28(3,4)5)24(40-27)34-35-26-32-21(18-30)23(31-8)37(26)19-20-14-12-11-13-15-20/h11-15H,9-10,16-17,19H2,1-7H3. The molecule has 0 unspecified atom stereocenters. The molecule has 0 amide bonds. The maximum Gasteiger partial charge on any atom is 0.324 e. The highest BCUT2D eigenvalue weighted by Crippen LogP contribution is 2.41. The molecule has 0 aliphatic rings. The van der Waals surface area contributed by atoms with Crippen molar-refractivity contribution in [3.63, 3.8) is 0 Å². The second kappa shape index (κ2) is 12.8. The van der Waals surface area contributed by atoms with Crippen molar-refractivity contribution in [2.75, 3.05) is 24.6 Å². The van der Waals surface area contributed by atoms with Crippen LogP contribution in [-0.2, 0) is 21.5 Å². The van der Waals surface area contributed by atoms with Gasteiger partial charge in [-0.05, 0) is 32.8 Å². The fourth-order valence-corrected chi connectivity index (χ4v) is 4.86. The third-order valence-electron chi connectivity index (χ3n) is 6.54. The molecule has 0 aliphatic heterocycles. The highest BCUT2D eigenvalue weighted by atomic mass is 32.1. The van der Waals surface area contributed by atoms with Crippen LogP contribution in [-0.4, -0.2) is 40.2 Å². The molecule has 210 valence electrons. The smallest absolute Gasteiger partial charge is 0.324 e. The van der Waals surface area contributed by atoms with Gasteiger partial charge in [-0.2, -0.15) is 10.2 Å². The van der Waals surface area contributed by atoms with Gasteiger partial charge in [-0.25, -0.2) is 4.98 Å². The van der Waals surface area contributed by atoms with Crippen molar-refractivity contribution in [3.8, 4) is 6.07 Å². The zero-order chi connectivity index (χ0) is 29.5. The molecule has 3 rings (SSSR count). The van der Waals surface area contributed by atoms with E-state index in [9.17, 15) is 10.1 Å². The number of nitriles is 1. The molecule has 0 radical (unpaired) electrons. The summed E-state index contributed by atoms with van der Waals surface area (Å²) in [5, 5.41) is 19.9. The van der Waals surface area contributed by atoms with Gasteiger partial charge < -0.3 is 14.5 Å². The quantitative estimate of drug-likeness (QED) is 0.138. The summed E-state index contributed by atoms with van der Waals surface area (Å²) in [7, 11) is 0. The number of azo groups is 1. The fraction of sp³-hybridized carbons (Fsp3) is 0.483. The van der Waals surface area contributed by atoms with Crippen LogP contribution in [0.15, 0.2) is 40.6 Å². The van der Waals surface area contributed by atoms with E-state index in [0.717, 1.165) is 16.4 Å². The number of thiazole rings is 1. The average Bonchev–Trinajstić information content (AvgIpc) is 3.51. The number of hydrogen-bond acceptors (Lipinski definition) is 9. The van der Waals surface area contributed by atoms with Crippen LogP contribution in [0, 0.1) is 23.3 Å². The van der Waals surface area contributed by atoms with Gasteiger partial charge in [0.2, 0.25) is 0 Å². The van der Waals surface area contributed by atoms with E-state index in [1.165, 1.54) is 11.3 Å². The number of aromatic nitrogens is 3. The van der Waals surface area contributed by atoms with Gasteiger partial charge in [0.15, 0.2) is 15.8 Å². The minimum Gasteiger partial charge on any atom is -0.463 e. The SMILES string of the molecule is [C-]#[N+]c1c(C#N)nc(N=Nc2sc(N(CC)CCOC(=O)C(C)(C)CC)nc2C(C)(C)C)n1Cc1ccccc1. The summed E-state index contributed by atoms with van der Waals surface area (Å²) in [6, 6.07) is 11.6. The van der Waals surface area contributed by atoms with Crippen LogP contribution in [0.25, 0.3) is 4.85 Å². The first-order valence-corrected chi connectivity index (χ1v) is 14.0. The molecular weight excluding hydrogens is 524 g/mol. The Morgan fingerprint density at radius 1 is 1.18 bits per heavy atom. The van der Waals surface area contributed by atoms with Crippen LogP contribution in [0.1, 0.15) is 71.8 Å². The zero-order valence-corrected chi connectivity index (χ0v) is 25.0. The molecule has 0 fully saturated rings. The molecule has 0 N–H and O–H groups in total. The Hall–Kier alpha value is -4.09. The predicted molar refractivity (Wildman–Crippen MR) is 157 cm³/mol. The number of anilines is 1. The zero-order valence-electron chi connectivity index (χ0n) is 24.2. The minimum atomic E-state index is -0.518. The lowest BCUT2D eigenvalue weighted by Crippen LogP contribution is -2.31. The van der Waals surface area contributed by atoms with Crippen molar-refractivity contribution in [2.24, 2.45) is 15.6 Å². The van der Waals surface area contributed by atoms with E-state index in [-0.39, 0.29) is 35.5 Å². The molecule has 2 heterocycles. The van der Waals surface area contributed by atoms with Gasteiger partial charge in [-0.3, -0.25) is 9.36 Å². The van der Waals surface area contributed by atoms with E-state index in [1.807, 2.05) is 69.0 Å². The Bertz CT molecular complexity index is 1440. The third-order valence-corrected chi connectivity index (χ3v) is 7.54. The van der Waals surface area contributed by atoms with Crippen molar-refractivity contribution in [1.82, 2.24) is 14.5 Å². The number of carbonyl (C=O) groups excluding carboxylic acids is 1. The Balaban J connectivity index is 1.92. The number of rotatable bonds is 11. The van der Waals surface area contributed by atoms with Gasteiger partial charge in [0.05, 0.1) is 17.7 Å². The van der Waals surface area contributed by atoms with Crippen molar-refractivity contribution in [2.45, 2.75) is 66.8 Å². The number of benzene rings is 1. The highest BCUT2D eigenvalue weighted by molar-refractivity contribution is 7.19. The lowest BCUT2D eigenvalue weighted by molar-refractivity contribution is -0.153. The van der Waals surface area contributed by atoms with E-state index in [2.05, 4.69) is 40.8 Å². The van der Waals surface area contributed by atoms with Gasteiger partial charge in [-0.1, -0.05) is 81.0 Å². The van der Waals surface area contributed by atoms with E-state index in [1.54, 1.807) is 4.57 Å². The lowest BCUT2D eigenvalue weighted by Gasteiger charge is -2.23. The van der Waals surface area contributed by atoms with E-state index < -0.39 is 5.41 Å². The summed E-state index contributed by atoms with van der Waals surface area (Å²) in [6.45, 7) is 23.3. The molecule has 0 saturated heterocycles. The van der Waals surface area contributed by atoms with Gasteiger partial charge in [-0.15, -0.1) is 5.11 Å². The monoisotopic (exact) mass is 560 g/mol. The second-order valence-corrected chi connectivity index (χ2v) is 11.9. The van der Waals surface area contributed by atoms with Crippen LogP contribution in [0.4, 0.5) is 21.9 Å². The molecule has 0 atom stereocenters. The number of likely N-dealkylation sites (N-methyl/N-ethyl adjacent to an activating group) is 1. The fourth-order valence-electron chi connectivity index (χ4n) is 3.67. The number of hydrogen-bond donors (Lipinski definition) is 0. The van der Waals surface area contributed by atoms with Gasteiger partial charge in [0, 0.05) is 12.0 Å².